The van der Waals surface area contributed by atoms with Crippen molar-refractivity contribution in [2.75, 3.05) is 11.4 Å². The van der Waals surface area contributed by atoms with Gasteiger partial charge in [-0.3, -0.25) is 4.79 Å². The van der Waals surface area contributed by atoms with Crippen molar-refractivity contribution in [3.05, 3.63) is 23.0 Å². The average Bonchev–Trinajstić information content (AvgIpc) is 2.17. The highest BCUT2D eigenvalue weighted by Gasteiger charge is 2.25. The number of aromatic nitrogens is 1. The summed E-state index contributed by atoms with van der Waals surface area (Å²) >= 11 is 5.85. The molecule has 1 aromatic heterocycles. The lowest BCUT2D eigenvalue weighted by Crippen LogP contribution is -2.37. The molecule has 2 heterocycles. The van der Waals surface area contributed by atoms with Gasteiger partial charge in [0.05, 0.1) is 11.3 Å². The van der Waals surface area contributed by atoms with E-state index < -0.39 is 0 Å². The van der Waals surface area contributed by atoms with E-state index in [1.54, 1.807) is 12.3 Å². The lowest BCUT2D eigenvalue weighted by Gasteiger charge is -2.33. The first-order chi connectivity index (χ1) is 7.09. The van der Waals surface area contributed by atoms with Gasteiger partial charge in [0.2, 0.25) is 0 Å². The maximum Gasteiger partial charge on any atom is 0.168 e. The van der Waals surface area contributed by atoms with Gasteiger partial charge >= 0.3 is 0 Å². The van der Waals surface area contributed by atoms with E-state index in [2.05, 4.69) is 23.7 Å². The third kappa shape index (κ3) is 1.84. The summed E-state index contributed by atoms with van der Waals surface area (Å²) in [6.45, 7) is 4.98. The number of pyridine rings is 1. The van der Waals surface area contributed by atoms with Crippen molar-refractivity contribution >= 4 is 23.1 Å². The molecule has 0 radical (unpaired) electrons. The Morgan fingerprint density at radius 1 is 1.53 bits per heavy atom. The second-order valence-electron chi connectivity index (χ2n) is 3.98. The predicted octanol–water partition coefficient (Wildman–Crippen LogP) is 2.54. The number of carbonyl (C=O) groups excluding carboxylic acids is 1. The molecule has 1 aromatic rings. The minimum atomic E-state index is 0.158. The van der Waals surface area contributed by atoms with Crippen molar-refractivity contribution in [1.29, 1.82) is 0 Å². The van der Waals surface area contributed by atoms with Gasteiger partial charge < -0.3 is 4.90 Å². The molecule has 0 spiro atoms. The number of nitrogens with zero attached hydrogens (tertiary/aromatic N) is 2. The van der Waals surface area contributed by atoms with Crippen molar-refractivity contribution < 1.29 is 4.79 Å². The highest BCUT2D eigenvalue weighted by Crippen LogP contribution is 2.29. The van der Waals surface area contributed by atoms with E-state index in [1.165, 1.54) is 0 Å². The highest BCUT2D eigenvalue weighted by molar-refractivity contribution is 6.29. The Bertz CT molecular complexity index is 404. The Balaban J connectivity index is 2.51. The number of fused-ring (bicyclic) bond motifs is 1. The smallest absolute Gasteiger partial charge is 0.168 e. The molecule has 0 saturated heterocycles. The minimum Gasteiger partial charge on any atom is -0.368 e. The Morgan fingerprint density at radius 2 is 2.27 bits per heavy atom. The Morgan fingerprint density at radius 3 is 2.93 bits per heavy atom. The van der Waals surface area contributed by atoms with Crippen LogP contribution in [0.15, 0.2) is 12.3 Å². The third-order valence-corrected chi connectivity index (χ3v) is 2.87. The third-order valence-electron chi connectivity index (χ3n) is 2.66. The fourth-order valence-corrected chi connectivity index (χ4v) is 2.04. The fraction of sp³-hybridized carbons (Fsp3) is 0.455. The molecular weight excluding hydrogens is 212 g/mol. The average molecular weight is 225 g/mol. The first-order valence-corrected chi connectivity index (χ1v) is 5.43. The van der Waals surface area contributed by atoms with Gasteiger partial charge in [-0.15, -0.1) is 0 Å². The lowest BCUT2D eigenvalue weighted by atomic mass is 10.0. The minimum absolute atomic E-state index is 0.158. The monoisotopic (exact) mass is 224 g/mol. The first-order valence-electron chi connectivity index (χ1n) is 5.05. The number of Topliss-reactive ketones (excluding diaryl/α,β-unsaturated/α-hetero) is 1. The van der Waals surface area contributed by atoms with Crippen LogP contribution in [0.3, 0.4) is 0 Å². The molecule has 1 aliphatic heterocycles. The quantitative estimate of drug-likeness (QED) is 0.688. The van der Waals surface area contributed by atoms with Crippen molar-refractivity contribution in [3.8, 4) is 0 Å². The Hall–Kier alpha value is -1.09. The van der Waals surface area contributed by atoms with Crippen molar-refractivity contribution in [3.63, 3.8) is 0 Å². The molecule has 0 N–H and O–H groups in total. The molecule has 0 amide bonds. The lowest BCUT2D eigenvalue weighted by molar-refractivity contribution is 0.0979. The Kier molecular flexibility index (Phi) is 2.65. The van der Waals surface area contributed by atoms with Gasteiger partial charge in [-0.1, -0.05) is 11.6 Å². The number of halogens is 1. The molecular formula is C11H13ClN2O. The second-order valence-corrected chi connectivity index (χ2v) is 4.37. The van der Waals surface area contributed by atoms with Gasteiger partial charge in [-0.05, 0) is 19.9 Å². The predicted molar refractivity (Wildman–Crippen MR) is 60.7 cm³/mol. The molecule has 0 saturated carbocycles. The summed E-state index contributed by atoms with van der Waals surface area (Å²) in [7, 11) is 0. The zero-order valence-electron chi connectivity index (χ0n) is 8.83. The second kappa shape index (κ2) is 3.81. The topological polar surface area (TPSA) is 33.2 Å². The van der Waals surface area contributed by atoms with Crippen LogP contribution in [-0.2, 0) is 0 Å². The van der Waals surface area contributed by atoms with Crippen LogP contribution in [0.2, 0.25) is 5.15 Å². The van der Waals surface area contributed by atoms with Gasteiger partial charge in [0.25, 0.3) is 0 Å². The molecule has 15 heavy (non-hydrogen) atoms. The van der Waals surface area contributed by atoms with Crippen LogP contribution in [0, 0.1) is 0 Å². The van der Waals surface area contributed by atoms with Gasteiger partial charge in [-0.25, -0.2) is 4.98 Å². The molecule has 1 aliphatic rings. The van der Waals surface area contributed by atoms with E-state index in [4.69, 9.17) is 11.6 Å². The number of hydrogen-bond acceptors (Lipinski definition) is 3. The molecule has 0 atom stereocenters. The van der Waals surface area contributed by atoms with Crippen LogP contribution >= 0.6 is 11.6 Å². The normalized spacial score (nSPS) is 15.7. The fourth-order valence-electron chi connectivity index (χ4n) is 1.89. The highest BCUT2D eigenvalue weighted by atomic mass is 35.5. The number of carbonyl (C=O) groups is 1. The number of ketones is 1. The molecule has 0 aromatic carbocycles. The van der Waals surface area contributed by atoms with E-state index in [0.717, 1.165) is 12.2 Å². The molecule has 0 aliphatic carbocycles. The van der Waals surface area contributed by atoms with E-state index >= 15 is 0 Å². The Labute approximate surface area is 94.1 Å². The number of anilines is 1. The zero-order chi connectivity index (χ0) is 11.0. The SMILES string of the molecule is CC(C)N1CCC(=O)c2cnc(Cl)cc21. The van der Waals surface area contributed by atoms with Crippen molar-refractivity contribution in [1.82, 2.24) is 4.98 Å². The van der Waals surface area contributed by atoms with Crippen LogP contribution in [0.25, 0.3) is 0 Å². The molecule has 0 unspecified atom stereocenters. The van der Waals surface area contributed by atoms with E-state index in [1.807, 2.05) is 0 Å². The van der Waals surface area contributed by atoms with E-state index in [9.17, 15) is 4.79 Å². The van der Waals surface area contributed by atoms with Crippen LogP contribution in [-0.4, -0.2) is 23.4 Å². The summed E-state index contributed by atoms with van der Waals surface area (Å²) < 4.78 is 0. The molecule has 80 valence electrons. The van der Waals surface area contributed by atoms with Crippen molar-refractivity contribution in [2.45, 2.75) is 26.3 Å². The van der Waals surface area contributed by atoms with Gasteiger partial charge in [0, 0.05) is 25.2 Å². The maximum atomic E-state index is 11.7. The van der Waals surface area contributed by atoms with Gasteiger partial charge in [0.15, 0.2) is 5.78 Å². The van der Waals surface area contributed by atoms with Crippen LogP contribution in [0.5, 0.6) is 0 Å². The van der Waals surface area contributed by atoms with Crippen LogP contribution in [0.4, 0.5) is 5.69 Å². The van der Waals surface area contributed by atoms with Gasteiger partial charge in [-0.2, -0.15) is 0 Å². The summed E-state index contributed by atoms with van der Waals surface area (Å²) in [6, 6.07) is 2.14. The summed E-state index contributed by atoms with van der Waals surface area (Å²) in [5, 5.41) is 0.439. The maximum absolute atomic E-state index is 11.7. The van der Waals surface area contributed by atoms with E-state index in [0.29, 0.717) is 23.2 Å². The molecule has 3 nitrogen and oxygen atoms in total. The summed E-state index contributed by atoms with van der Waals surface area (Å²) in [4.78, 5) is 17.8. The summed E-state index contributed by atoms with van der Waals surface area (Å²) in [5.41, 5.74) is 1.61. The number of hydrogen-bond donors (Lipinski definition) is 0. The summed E-state index contributed by atoms with van der Waals surface area (Å²) in [6.07, 6.45) is 2.14. The molecule has 4 heteroatoms. The molecule has 0 fully saturated rings. The van der Waals surface area contributed by atoms with E-state index in [-0.39, 0.29) is 5.78 Å². The number of rotatable bonds is 1. The van der Waals surface area contributed by atoms with Gasteiger partial charge in [0.1, 0.15) is 5.15 Å². The first kappa shape index (κ1) is 10.4. The zero-order valence-corrected chi connectivity index (χ0v) is 9.58. The van der Waals surface area contributed by atoms with Crippen LogP contribution in [0.1, 0.15) is 30.6 Å². The summed E-state index contributed by atoms with van der Waals surface area (Å²) in [5.74, 6) is 0.158. The van der Waals surface area contributed by atoms with Crippen molar-refractivity contribution in [2.24, 2.45) is 0 Å². The largest absolute Gasteiger partial charge is 0.368 e. The molecule has 0 bridgehead atoms. The standard InChI is InChI=1S/C11H13ClN2O/c1-7(2)14-4-3-10(15)8-6-13-11(12)5-9(8)14/h5-7H,3-4H2,1-2H3. The van der Waals surface area contributed by atoms with Crippen LogP contribution < -0.4 is 4.90 Å². The molecule has 2 rings (SSSR count).